The maximum Gasteiger partial charge on any atom is 0.312 e. The zero-order valence-electron chi connectivity index (χ0n) is 10.2. The highest BCUT2D eigenvalue weighted by atomic mass is 16.6. The standard InChI is InChI=1S/C11H14N2O5/c1-3-17-10-6-5-9(13(15)16)8(12-10)7-11(14)18-4-2/h5-6H,3-4,7H2,1-2H3. The Bertz CT molecular complexity index is 447. The van der Waals surface area contributed by atoms with Crippen LogP contribution in [0, 0.1) is 10.1 Å². The fourth-order valence-corrected chi connectivity index (χ4v) is 1.35. The molecule has 0 unspecified atom stereocenters. The molecule has 0 bridgehead atoms. The van der Waals surface area contributed by atoms with Crippen molar-refractivity contribution in [3.8, 4) is 5.88 Å². The molecule has 0 spiro atoms. The lowest BCUT2D eigenvalue weighted by Crippen LogP contribution is -2.11. The number of hydrogen-bond acceptors (Lipinski definition) is 6. The van der Waals surface area contributed by atoms with Crippen LogP contribution < -0.4 is 4.74 Å². The Morgan fingerprint density at radius 2 is 2.11 bits per heavy atom. The molecule has 7 nitrogen and oxygen atoms in total. The summed E-state index contributed by atoms with van der Waals surface area (Å²) in [4.78, 5) is 25.5. The molecule has 1 rings (SSSR count). The van der Waals surface area contributed by atoms with Crippen molar-refractivity contribution >= 4 is 11.7 Å². The molecule has 0 aliphatic heterocycles. The first-order valence-electron chi connectivity index (χ1n) is 5.51. The number of pyridine rings is 1. The zero-order valence-corrected chi connectivity index (χ0v) is 10.2. The number of hydrogen-bond donors (Lipinski definition) is 0. The van der Waals surface area contributed by atoms with Crippen molar-refractivity contribution < 1.29 is 19.2 Å². The van der Waals surface area contributed by atoms with E-state index in [4.69, 9.17) is 9.47 Å². The van der Waals surface area contributed by atoms with Gasteiger partial charge in [-0.25, -0.2) is 4.98 Å². The number of rotatable bonds is 6. The summed E-state index contributed by atoms with van der Waals surface area (Å²) in [7, 11) is 0. The lowest BCUT2D eigenvalue weighted by molar-refractivity contribution is -0.385. The molecule has 0 aliphatic rings. The minimum Gasteiger partial charge on any atom is -0.478 e. The van der Waals surface area contributed by atoms with E-state index in [1.807, 2.05) is 0 Å². The maximum atomic E-state index is 11.3. The second-order valence-corrected chi connectivity index (χ2v) is 3.29. The van der Waals surface area contributed by atoms with Gasteiger partial charge in [-0.2, -0.15) is 0 Å². The predicted molar refractivity (Wildman–Crippen MR) is 62.4 cm³/mol. The van der Waals surface area contributed by atoms with Crippen LogP contribution in [0.25, 0.3) is 0 Å². The molecule has 18 heavy (non-hydrogen) atoms. The smallest absolute Gasteiger partial charge is 0.312 e. The molecule has 0 saturated carbocycles. The van der Waals surface area contributed by atoms with Gasteiger partial charge in [0.1, 0.15) is 5.69 Å². The molecule has 0 fully saturated rings. The number of carbonyl (C=O) groups is 1. The lowest BCUT2D eigenvalue weighted by atomic mass is 10.2. The molecule has 7 heteroatoms. The van der Waals surface area contributed by atoms with Gasteiger partial charge in [-0.3, -0.25) is 14.9 Å². The first kappa shape index (κ1) is 13.9. The molecule has 0 atom stereocenters. The summed E-state index contributed by atoms with van der Waals surface area (Å²) in [6.45, 7) is 4.05. The Hall–Kier alpha value is -2.18. The molecule has 0 amide bonds. The largest absolute Gasteiger partial charge is 0.478 e. The molecule has 0 radical (unpaired) electrons. The van der Waals surface area contributed by atoms with Crippen LogP contribution in [0.1, 0.15) is 19.5 Å². The number of aromatic nitrogens is 1. The summed E-state index contributed by atoms with van der Waals surface area (Å²) in [6.07, 6.45) is -0.245. The van der Waals surface area contributed by atoms with Crippen LogP contribution in [0.5, 0.6) is 5.88 Å². The summed E-state index contributed by atoms with van der Waals surface area (Å²) < 4.78 is 9.87. The molecule has 1 heterocycles. The summed E-state index contributed by atoms with van der Waals surface area (Å²) >= 11 is 0. The van der Waals surface area contributed by atoms with Crippen molar-refractivity contribution in [1.29, 1.82) is 0 Å². The van der Waals surface area contributed by atoms with E-state index in [9.17, 15) is 14.9 Å². The number of ether oxygens (including phenoxy) is 2. The molecule has 1 aromatic heterocycles. The van der Waals surface area contributed by atoms with Gasteiger partial charge in [-0.15, -0.1) is 0 Å². The molecular weight excluding hydrogens is 240 g/mol. The lowest BCUT2D eigenvalue weighted by Gasteiger charge is -2.05. The molecule has 0 aromatic carbocycles. The Morgan fingerprint density at radius 1 is 1.39 bits per heavy atom. The van der Waals surface area contributed by atoms with Crippen LogP contribution in [0.4, 0.5) is 5.69 Å². The van der Waals surface area contributed by atoms with Crippen LogP contribution in [0.15, 0.2) is 12.1 Å². The second-order valence-electron chi connectivity index (χ2n) is 3.29. The summed E-state index contributed by atoms with van der Waals surface area (Å²) in [6, 6.07) is 2.67. The average molecular weight is 254 g/mol. The van der Waals surface area contributed by atoms with E-state index in [0.717, 1.165) is 0 Å². The highest BCUT2D eigenvalue weighted by molar-refractivity contribution is 5.73. The number of nitrogens with zero attached hydrogens (tertiary/aromatic N) is 2. The Labute approximate surface area is 104 Å². The fourth-order valence-electron chi connectivity index (χ4n) is 1.35. The summed E-state index contributed by atoms with van der Waals surface area (Å²) in [5, 5.41) is 10.8. The normalized spacial score (nSPS) is 9.89. The average Bonchev–Trinajstić information content (AvgIpc) is 2.29. The first-order valence-corrected chi connectivity index (χ1v) is 5.51. The first-order chi connectivity index (χ1) is 8.58. The monoisotopic (exact) mass is 254 g/mol. The maximum absolute atomic E-state index is 11.3. The van der Waals surface area contributed by atoms with E-state index in [1.165, 1.54) is 12.1 Å². The number of nitro groups is 1. The SMILES string of the molecule is CCOC(=O)Cc1nc(OCC)ccc1[N+](=O)[O-]. The van der Waals surface area contributed by atoms with Crippen molar-refractivity contribution in [2.24, 2.45) is 0 Å². The third-order valence-corrected chi connectivity index (χ3v) is 2.03. The highest BCUT2D eigenvalue weighted by Crippen LogP contribution is 2.21. The van der Waals surface area contributed by atoms with Gasteiger partial charge in [0.25, 0.3) is 5.69 Å². The molecule has 0 aliphatic carbocycles. The van der Waals surface area contributed by atoms with Crippen molar-refractivity contribution in [2.75, 3.05) is 13.2 Å². The van der Waals surface area contributed by atoms with Crippen molar-refractivity contribution in [3.05, 3.63) is 27.9 Å². The number of esters is 1. The van der Waals surface area contributed by atoms with Gasteiger partial charge in [0.05, 0.1) is 24.6 Å². The van der Waals surface area contributed by atoms with Crippen LogP contribution in [-0.4, -0.2) is 29.1 Å². The van der Waals surface area contributed by atoms with Crippen molar-refractivity contribution in [1.82, 2.24) is 4.98 Å². The minimum atomic E-state index is -0.586. The zero-order chi connectivity index (χ0) is 13.5. The third-order valence-electron chi connectivity index (χ3n) is 2.03. The van der Waals surface area contributed by atoms with E-state index in [-0.39, 0.29) is 30.3 Å². The second kappa shape index (κ2) is 6.53. The Balaban J connectivity index is 2.99. The van der Waals surface area contributed by atoms with Crippen LogP contribution in [0.2, 0.25) is 0 Å². The van der Waals surface area contributed by atoms with Gasteiger partial charge in [0, 0.05) is 12.1 Å². The van der Waals surface area contributed by atoms with Gasteiger partial charge in [-0.05, 0) is 13.8 Å². The van der Waals surface area contributed by atoms with Crippen molar-refractivity contribution in [2.45, 2.75) is 20.3 Å². The summed E-state index contributed by atoms with van der Waals surface area (Å²) in [5.74, 6) is -0.302. The predicted octanol–water partition coefficient (Wildman–Crippen LogP) is 1.49. The quantitative estimate of drug-likeness (QED) is 0.434. The molecule has 98 valence electrons. The van der Waals surface area contributed by atoms with Crippen molar-refractivity contribution in [3.63, 3.8) is 0 Å². The van der Waals surface area contributed by atoms with Gasteiger partial charge >= 0.3 is 5.97 Å². The van der Waals surface area contributed by atoms with Gasteiger partial charge in [-0.1, -0.05) is 0 Å². The fraction of sp³-hybridized carbons (Fsp3) is 0.455. The Morgan fingerprint density at radius 3 is 2.67 bits per heavy atom. The van der Waals surface area contributed by atoms with Crippen LogP contribution in [0.3, 0.4) is 0 Å². The minimum absolute atomic E-state index is 0.0457. The van der Waals surface area contributed by atoms with Gasteiger partial charge < -0.3 is 9.47 Å². The van der Waals surface area contributed by atoms with E-state index < -0.39 is 10.9 Å². The highest BCUT2D eigenvalue weighted by Gasteiger charge is 2.19. The van der Waals surface area contributed by atoms with E-state index in [1.54, 1.807) is 13.8 Å². The Kier molecular flexibility index (Phi) is 5.04. The van der Waals surface area contributed by atoms with E-state index >= 15 is 0 Å². The number of carbonyl (C=O) groups excluding carboxylic acids is 1. The van der Waals surface area contributed by atoms with Crippen LogP contribution >= 0.6 is 0 Å². The van der Waals surface area contributed by atoms with Gasteiger partial charge in [0.2, 0.25) is 5.88 Å². The molecule has 0 N–H and O–H groups in total. The molecular formula is C11H14N2O5. The van der Waals surface area contributed by atoms with E-state index in [2.05, 4.69) is 4.98 Å². The van der Waals surface area contributed by atoms with Gasteiger partial charge in [0.15, 0.2) is 0 Å². The topological polar surface area (TPSA) is 91.6 Å². The molecule has 1 aromatic rings. The third kappa shape index (κ3) is 3.69. The van der Waals surface area contributed by atoms with E-state index in [0.29, 0.717) is 6.61 Å². The summed E-state index contributed by atoms with van der Waals surface area (Å²) in [5.41, 5.74) is -0.170. The molecule has 0 saturated heterocycles. The van der Waals surface area contributed by atoms with Crippen LogP contribution in [-0.2, 0) is 16.0 Å².